The summed E-state index contributed by atoms with van der Waals surface area (Å²) in [7, 11) is 3.96. The summed E-state index contributed by atoms with van der Waals surface area (Å²) in [5, 5.41) is 20.2. The van der Waals surface area contributed by atoms with E-state index in [1.165, 1.54) is 0 Å². The number of aryl methyl sites for hydroxylation is 1. The lowest BCUT2D eigenvalue weighted by atomic mass is 9.88. The summed E-state index contributed by atoms with van der Waals surface area (Å²) in [6, 6.07) is 11.2. The van der Waals surface area contributed by atoms with Gasteiger partial charge in [-0.1, -0.05) is 11.6 Å². The van der Waals surface area contributed by atoms with Gasteiger partial charge >= 0.3 is 0 Å². The Hall–Kier alpha value is -3.94. The van der Waals surface area contributed by atoms with Crippen molar-refractivity contribution in [2.45, 2.75) is 39.3 Å². The number of hydrogen-bond acceptors (Lipinski definition) is 9. The van der Waals surface area contributed by atoms with Crippen LogP contribution in [-0.2, 0) is 11.4 Å². The normalized spacial score (nSPS) is 16.0. The highest BCUT2D eigenvalue weighted by molar-refractivity contribution is 6.32. The maximum absolute atomic E-state index is 12.7. The van der Waals surface area contributed by atoms with Crippen molar-refractivity contribution in [3.63, 3.8) is 0 Å². The van der Waals surface area contributed by atoms with Crippen molar-refractivity contribution >= 4 is 34.6 Å². The number of hydrogen-bond donors (Lipinski definition) is 3. The van der Waals surface area contributed by atoms with Gasteiger partial charge in [-0.3, -0.25) is 4.79 Å². The van der Waals surface area contributed by atoms with Gasteiger partial charge < -0.3 is 34.7 Å². The number of amides is 1. The largest absolute Gasteiger partial charge is 0.492 e. The van der Waals surface area contributed by atoms with Crippen LogP contribution >= 0.6 is 11.6 Å². The number of carbonyl (C=O) groups is 1. The molecule has 4 rings (SSSR count). The Morgan fingerprint density at radius 3 is 2.77 bits per heavy atom. The van der Waals surface area contributed by atoms with E-state index in [4.69, 9.17) is 25.5 Å². The minimum atomic E-state index is -0.378. The molecule has 3 N–H and O–H groups in total. The Balaban J connectivity index is 1.55. The molecule has 2 unspecified atom stereocenters. The lowest BCUT2D eigenvalue weighted by Crippen LogP contribution is -2.31. The van der Waals surface area contributed by atoms with E-state index in [0.29, 0.717) is 53.4 Å². The fraction of sp³-hybridized carbons (Fsp3) is 0.414. The van der Waals surface area contributed by atoms with Gasteiger partial charge in [-0.2, -0.15) is 5.26 Å². The van der Waals surface area contributed by atoms with E-state index in [1.54, 1.807) is 18.3 Å². The fourth-order valence-electron chi connectivity index (χ4n) is 4.50. The first-order chi connectivity index (χ1) is 19.3. The summed E-state index contributed by atoms with van der Waals surface area (Å²) >= 11 is 6.53. The lowest BCUT2D eigenvalue weighted by molar-refractivity contribution is -0.116. The van der Waals surface area contributed by atoms with Gasteiger partial charge in [0.05, 0.1) is 41.5 Å². The second-order valence-electron chi connectivity index (χ2n) is 9.86. The highest BCUT2D eigenvalue weighted by atomic mass is 35.5. The van der Waals surface area contributed by atoms with Gasteiger partial charge in [0.15, 0.2) is 6.61 Å². The summed E-state index contributed by atoms with van der Waals surface area (Å²) in [5.74, 6) is 1.78. The van der Waals surface area contributed by atoms with Crippen molar-refractivity contribution in [3.05, 3.63) is 58.8 Å². The minimum Gasteiger partial charge on any atom is -0.492 e. The van der Waals surface area contributed by atoms with Gasteiger partial charge in [-0.05, 0) is 65.2 Å². The molecule has 0 saturated carbocycles. The van der Waals surface area contributed by atoms with Crippen LogP contribution in [0.25, 0.3) is 0 Å². The molecule has 1 aliphatic rings. The van der Waals surface area contributed by atoms with Crippen LogP contribution < -0.4 is 25.4 Å². The second-order valence-corrected chi connectivity index (χ2v) is 10.3. The van der Waals surface area contributed by atoms with E-state index in [-0.39, 0.29) is 24.5 Å². The number of ether oxygens (including phenoxy) is 2. The molecule has 1 aromatic heterocycles. The van der Waals surface area contributed by atoms with Crippen molar-refractivity contribution in [1.82, 2.24) is 9.88 Å². The number of anilines is 3. The SMILES string of the molecule is CCOc1cc2c(cc1NC(=O)CCCN(C)C)C(Nc1ccc(OCc3ncc(C)o3)c(Cl)c1)C(C#N)CN2. The van der Waals surface area contributed by atoms with E-state index in [2.05, 4.69) is 27.0 Å². The Bertz CT molecular complexity index is 1370. The number of carbonyl (C=O) groups excluding carboxylic acids is 1. The molecule has 1 amide bonds. The van der Waals surface area contributed by atoms with Gasteiger partial charge in [-0.25, -0.2) is 4.98 Å². The van der Waals surface area contributed by atoms with Crippen molar-refractivity contribution in [1.29, 1.82) is 5.26 Å². The molecule has 2 atom stereocenters. The van der Waals surface area contributed by atoms with E-state index in [1.807, 2.05) is 51.0 Å². The van der Waals surface area contributed by atoms with Crippen LogP contribution in [0.4, 0.5) is 17.1 Å². The number of halogens is 1. The molecule has 2 aromatic carbocycles. The van der Waals surface area contributed by atoms with E-state index in [0.717, 1.165) is 29.9 Å². The highest BCUT2D eigenvalue weighted by Crippen LogP contribution is 2.42. The summed E-state index contributed by atoms with van der Waals surface area (Å²) in [6.45, 7) is 5.60. The molecule has 0 fully saturated rings. The van der Waals surface area contributed by atoms with Crippen LogP contribution in [0.3, 0.4) is 0 Å². The van der Waals surface area contributed by atoms with Crippen LogP contribution in [0.2, 0.25) is 5.02 Å². The number of rotatable bonds is 12. The molecule has 3 aromatic rings. The Morgan fingerprint density at radius 1 is 1.27 bits per heavy atom. The summed E-state index contributed by atoms with van der Waals surface area (Å²) in [5.41, 5.74) is 2.99. The van der Waals surface area contributed by atoms with Crippen molar-refractivity contribution < 1.29 is 18.7 Å². The van der Waals surface area contributed by atoms with Gasteiger partial charge in [-0.15, -0.1) is 0 Å². The zero-order chi connectivity index (χ0) is 28.6. The second kappa shape index (κ2) is 13.4. The van der Waals surface area contributed by atoms with E-state index >= 15 is 0 Å². The molecular weight excluding hydrogens is 532 g/mol. The first kappa shape index (κ1) is 29.1. The lowest BCUT2D eigenvalue weighted by Gasteiger charge is -2.33. The first-order valence-electron chi connectivity index (χ1n) is 13.3. The van der Waals surface area contributed by atoms with Crippen molar-refractivity contribution in [3.8, 4) is 17.6 Å². The van der Waals surface area contributed by atoms with Gasteiger partial charge in [0, 0.05) is 36.0 Å². The molecule has 0 saturated heterocycles. The van der Waals surface area contributed by atoms with Gasteiger partial charge in [0.2, 0.25) is 11.8 Å². The molecule has 212 valence electrons. The van der Waals surface area contributed by atoms with Gasteiger partial charge in [0.25, 0.3) is 0 Å². The van der Waals surface area contributed by atoms with Crippen LogP contribution in [0.5, 0.6) is 11.5 Å². The number of benzene rings is 2. The highest BCUT2D eigenvalue weighted by Gasteiger charge is 2.31. The summed E-state index contributed by atoms with van der Waals surface area (Å²) < 4.78 is 17.1. The Morgan fingerprint density at radius 2 is 2.10 bits per heavy atom. The Labute approximate surface area is 239 Å². The molecule has 2 heterocycles. The van der Waals surface area contributed by atoms with Crippen LogP contribution in [-0.4, -0.2) is 49.6 Å². The number of nitriles is 1. The number of aromatic nitrogens is 1. The average molecular weight is 567 g/mol. The topological polar surface area (TPSA) is 125 Å². The third kappa shape index (κ3) is 7.37. The standard InChI is InChI=1S/C29H35ClN6O4/c1-5-38-26-13-23-21(12-24(26)35-27(37)7-6-10-36(3)4)29(19(14-31)16-32-23)34-20-8-9-25(22(30)11-20)39-17-28-33-15-18(2)40-28/h8-9,11-13,15,19,29,32,34H,5-7,10,16-17H2,1-4H3,(H,35,37). The van der Waals surface area contributed by atoms with Crippen LogP contribution in [0, 0.1) is 24.2 Å². The third-order valence-electron chi connectivity index (χ3n) is 6.42. The average Bonchev–Trinajstić information content (AvgIpc) is 3.33. The number of fused-ring (bicyclic) bond motifs is 1. The molecule has 10 nitrogen and oxygen atoms in total. The van der Waals surface area contributed by atoms with E-state index in [9.17, 15) is 10.1 Å². The fourth-order valence-corrected chi connectivity index (χ4v) is 4.73. The monoisotopic (exact) mass is 566 g/mol. The van der Waals surface area contributed by atoms with Crippen LogP contribution in [0.1, 0.15) is 43.0 Å². The molecule has 40 heavy (non-hydrogen) atoms. The quantitative estimate of drug-likeness (QED) is 0.256. The van der Waals surface area contributed by atoms with Gasteiger partial charge in [0.1, 0.15) is 17.3 Å². The molecule has 0 aliphatic carbocycles. The molecule has 0 bridgehead atoms. The molecule has 0 spiro atoms. The number of nitrogens with zero attached hydrogens (tertiary/aromatic N) is 3. The smallest absolute Gasteiger partial charge is 0.232 e. The molecular formula is C29H35ClN6O4. The van der Waals surface area contributed by atoms with Crippen molar-refractivity contribution in [2.24, 2.45) is 5.92 Å². The number of nitrogens with one attached hydrogen (secondary N) is 3. The zero-order valence-electron chi connectivity index (χ0n) is 23.2. The molecule has 1 aliphatic heterocycles. The summed E-state index contributed by atoms with van der Waals surface area (Å²) in [6.07, 6.45) is 2.77. The number of oxazole rings is 1. The first-order valence-corrected chi connectivity index (χ1v) is 13.6. The van der Waals surface area contributed by atoms with Crippen LogP contribution in [0.15, 0.2) is 40.9 Å². The molecule has 0 radical (unpaired) electrons. The predicted molar refractivity (Wildman–Crippen MR) is 155 cm³/mol. The maximum atomic E-state index is 12.7. The summed E-state index contributed by atoms with van der Waals surface area (Å²) in [4.78, 5) is 18.9. The minimum absolute atomic E-state index is 0.0878. The zero-order valence-corrected chi connectivity index (χ0v) is 24.0. The predicted octanol–water partition coefficient (Wildman–Crippen LogP) is 5.61. The van der Waals surface area contributed by atoms with E-state index < -0.39 is 0 Å². The molecule has 11 heteroatoms. The third-order valence-corrected chi connectivity index (χ3v) is 6.72. The van der Waals surface area contributed by atoms with Crippen molar-refractivity contribution in [2.75, 3.05) is 49.7 Å². The Kier molecular flexibility index (Phi) is 9.74. The maximum Gasteiger partial charge on any atom is 0.232 e.